The van der Waals surface area contributed by atoms with Gasteiger partial charge in [-0.2, -0.15) is 5.26 Å². The average molecular weight is 480 g/mol. The van der Waals surface area contributed by atoms with Gasteiger partial charge in [0.05, 0.1) is 33.0 Å². The fraction of sp³-hybridized carbons (Fsp3) is 0.154. The molecule has 34 heavy (non-hydrogen) atoms. The molecule has 0 fully saturated rings. The van der Waals surface area contributed by atoms with Crippen LogP contribution in [0.2, 0.25) is 5.02 Å². The molecular weight excluding hydrogens is 458 g/mol. The van der Waals surface area contributed by atoms with Crippen molar-refractivity contribution in [3.05, 3.63) is 76.8 Å². The summed E-state index contributed by atoms with van der Waals surface area (Å²) in [7, 11) is 4.54. The number of hydrogen-bond acceptors (Lipinski definition) is 7. The molecule has 8 heteroatoms. The first-order valence-electron chi connectivity index (χ1n) is 10.1. The number of carbonyl (C=O) groups is 1. The first-order valence-corrected chi connectivity index (χ1v) is 10.5. The van der Waals surface area contributed by atoms with Crippen molar-refractivity contribution >= 4 is 29.2 Å². The number of nitrogens with zero attached hydrogens (tertiary/aromatic N) is 1. The Hall–Kier alpha value is -4.15. The van der Waals surface area contributed by atoms with E-state index in [1.54, 1.807) is 73.8 Å². The highest BCUT2D eigenvalue weighted by Crippen LogP contribution is 2.33. The first kappa shape index (κ1) is 24.5. The Morgan fingerprint density at radius 3 is 2.18 bits per heavy atom. The van der Waals surface area contributed by atoms with E-state index in [0.29, 0.717) is 44.7 Å². The van der Waals surface area contributed by atoms with E-state index in [0.717, 1.165) is 0 Å². The Bertz CT molecular complexity index is 1230. The summed E-state index contributed by atoms with van der Waals surface area (Å²) in [5.41, 5.74) is 1.75. The highest BCUT2D eigenvalue weighted by atomic mass is 35.5. The molecule has 0 bridgehead atoms. The number of carbonyl (C=O) groups excluding carboxylic acids is 1. The summed E-state index contributed by atoms with van der Waals surface area (Å²) < 4.78 is 26.7. The lowest BCUT2D eigenvalue weighted by molar-refractivity contribution is -0.136. The molecule has 0 spiro atoms. The molecule has 3 aromatic carbocycles. The van der Waals surface area contributed by atoms with Crippen LogP contribution in [0.4, 0.5) is 0 Å². The second-order valence-corrected chi connectivity index (χ2v) is 7.30. The van der Waals surface area contributed by atoms with Crippen LogP contribution in [0.1, 0.15) is 11.1 Å². The van der Waals surface area contributed by atoms with Crippen LogP contribution < -0.4 is 23.7 Å². The standard InChI is InChI=1S/C26H22ClNO6/c1-30-22-11-5-18(14-25(22)32-3)19(15-28)12-17-4-10-23(24(13-17)31-2)34-26(29)16-33-21-8-6-20(27)7-9-21/h4-14H,16H2,1-3H3/b19-12-. The lowest BCUT2D eigenvalue weighted by Gasteiger charge is -2.11. The Balaban J connectivity index is 1.75. The smallest absolute Gasteiger partial charge is 0.349 e. The highest BCUT2D eigenvalue weighted by molar-refractivity contribution is 6.30. The van der Waals surface area contributed by atoms with Gasteiger partial charge in [0.25, 0.3) is 0 Å². The van der Waals surface area contributed by atoms with Crippen LogP contribution in [-0.4, -0.2) is 33.9 Å². The zero-order chi connectivity index (χ0) is 24.5. The van der Waals surface area contributed by atoms with Gasteiger partial charge in [-0.15, -0.1) is 0 Å². The van der Waals surface area contributed by atoms with Crippen LogP contribution >= 0.6 is 11.6 Å². The van der Waals surface area contributed by atoms with Crippen LogP contribution in [0.15, 0.2) is 60.7 Å². The summed E-state index contributed by atoms with van der Waals surface area (Å²) in [6, 6.07) is 19.0. The van der Waals surface area contributed by atoms with Crippen molar-refractivity contribution in [1.29, 1.82) is 5.26 Å². The molecule has 0 aliphatic rings. The molecule has 0 atom stereocenters. The van der Waals surface area contributed by atoms with E-state index >= 15 is 0 Å². The Morgan fingerprint density at radius 2 is 1.53 bits per heavy atom. The third-order valence-corrected chi connectivity index (χ3v) is 4.96. The zero-order valence-corrected chi connectivity index (χ0v) is 19.6. The molecular formula is C26H22ClNO6. The number of hydrogen-bond donors (Lipinski definition) is 0. The van der Waals surface area contributed by atoms with Gasteiger partial charge in [0, 0.05) is 5.02 Å². The summed E-state index contributed by atoms with van der Waals surface area (Å²) in [5.74, 6) is 1.54. The predicted octanol–water partition coefficient (Wildman–Crippen LogP) is 5.41. The number of nitriles is 1. The molecule has 0 heterocycles. The number of esters is 1. The number of halogens is 1. The van der Waals surface area contributed by atoms with E-state index in [-0.39, 0.29) is 12.4 Å². The SMILES string of the molecule is COc1ccc(/C(C#N)=C\c2ccc(OC(=O)COc3ccc(Cl)cc3)c(OC)c2)cc1OC. The Kier molecular flexibility index (Phi) is 8.38. The Morgan fingerprint density at radius 1 is 0.882 bits per heavy atom. The normalized spacial score (nSPS) is 10.7. The van der Waals surface area contributed by atoms with E-state index in [2.05, 4.69) is 6.07 Å². The Labute approximate surface area is 202 Å². The van der Waals surface area contributed by atoms with Gasteiger partial charge in [-0.3, -0.25) is 0 Å². The van der Waals surface area contributed by atoms with E-state index in [4.69, 9.17) is 35.3 Å². The van der Waals surface area contributed by atoms with Gasteiger partial charge in [0.15, 0.2) is 29.6 Å². The molecule has 0 saturated heterocycles. The molecule has 0 aliphatic heterocycles. The van der Waals surface area contributed by atoms with Gasteiger partial charge in [-0.25, -0.2) is 4.79 Å². The van der Waals surface area contributed by atoms with Crippen LogP contribution in [0.3, 0.4) is 0 Å². The third-order valence-electron chi connectivity index (χ3n) is 4.71. The first-order chi connectivity index (χ1) is 16.5. The summed E-state index contributed by atoms with van der Waals surface area (Å²) in [4.78, 5) is 12.2. The minimum absolute atomic E-state index is 0.231. The van der Waals surface area contributed by atoms with Crippen LogP contribution in [0.25, 0.3) is 11.6 Å². The molecule has 3 rings (SSSR count). The number of benzene rings is 3. The molecule has 0 amide bonds. The van der Waals surface area contributed by atoms with Crippen LogP contribution in [0.5, 0.6) is 28.7 Å². The number of rotatable bonds is 9. The highest BCUT2D eigenvalue weighted by Gasteiger charge is 2.13. The lowest BCUT2D eigenvalue weighted by Crippen LogP contribution is -2.18. The zero-order valence-electron chi connectivity index (χ0n) is 18.8. The molecule has 0 aliphatic carbocycles. The molecule has 0 radical (unpaired) electrons. The third kappa shape index (κ3) is 6.21. The second kappa shape index (κ2) is 11.6. The lowest BCUT2D eigenvalue weighted by atomic mass is 10.0. The van der Waals surface area contributed by atoms with Crippen molar-refractivity contribution in [2.24, 2.45) is 0 Å². The number of ether oxygens (including phenoxy) is 5. The van der Waals surface area contributed by atoms with Gasteiger partial charge >= 0.3 is 5.97 Å². The number of methoxy groups -OCH3 is 3. The van der Waals surface area contributed by atoms with Gasteiger partial charge in [0.2, 0.25) is 0 Å². The van der Waals surface area contributed by atoms with Crippen molar-refractivity contribution in [2.75, 3.05) is 27.9 Å². The van der Waals surface area contributed by atoms with Crippen molar-refractivity contribution in [1.82, 2.24) is 0 Å². The van der Waals surface area contributed by atoms with Crippen molar-refractivity contribution in [2.45, 2.75) is 0 Å². The van der Waals surface area contributed by atoms with E-state index in [1.807, 2.05) is 0 Å². The molecule has 174 valence electrons. The largest absolute Gasteiger partial charge is 0.493 e. The topological polar surface area (TPSA) is 87.0 Å². The average Bonchev–Trinajstić information content (AvgIpc) is 2.87. The maximum absolute atomic E-state index is 12.2. The maximum atomic E-state index is 12.2. The maximum Gasteiger partial charge on any atom is 0.349 e. The second-order valence-electron chi connectivity index (χ2n) is 6.87. The van der Waals surface area contributed by atoms with Gasteiger partial charge in [0.1, 0.15) is 5.75 Å². The summed E-state index contributed by atoms with van der Waals surface area (Å²) in [5, 5.41) is 10.3. The minimum Gasteiger partial charge on any atom is -0.493 e. The summed E-state index contributed by atoms with van der Waals surface area (Å²) >= 11 is 5.84. The van der Waals surface area contributed by atoms with Crippen LogP contribution in [-0.2, 0) is 4.79 Å². The molecule has 0 saturated carbocycles. The van der Waals surface area contributed by atoms with Crippen LogP contribution in [0, 0.1) is 11.3 Å². The molecule has 7 nitrogen and oxygen atoms in total. The summed E-state index contributed by atoms with van der Waals surface area (Å²) in [6.45, 7) is -0.287. The number of allylic oxidation sites excluding steroid dienone is 1. The van der Waals surface area contributed by atoms with E-state index in [9.17, 15) is 10.1 Å². The fourth-order valence-electron chi connectivity index (χ4n) is 3.03. The fourth-order valence-corrected chi connectivity index (χ4v) is 3.16. The minimum atomic E-state index is -0.598. The van der Waals surface area contributed by atoms with E-state index < -0.39 is 5.97 Å². The van der Waals surface area contributed by atoms with Crippen molar-refractivity contribution in [3.8, 4) is 34.8 Å². The molecule has 0 unspecified atom stereocenters. The summed E-state index contributed by atoms with van der Waals surface area (Å²) in [6.07, 6.45) is 1.69. The molecule has 0 N–H and O–H groups in total. The monoisotopic (exact) mass is 479 g/mol. The predicted molar refractivity (Wildman–Crippen MR) is 129 cm³/mol. The quantitative estimate of drug-likeness (QED) is 0.175. The molecule has 0 aromatic heterocycles. The van der Waals surface area contributed by atoms with Crippen molar-refractivity contribution < 1.29 is 28.5 Å². The molecule has 3 aromatic rings. The van der Waals surface area contributed by atoms with Crippen molar-refractivity contribution in [3.63, 3.8) is 0 Å². The van der Waals surface area contributed by atoms with Gasteiger partial charge < -0.3 is 23.7 Å². The van der Waals surface area contributed by atoms with Gasteiger partial charge in [-0.05, 0) is 71.8 Å². The van der Waals surface area contributed by atoms with E-state index in [1.165, 1.54) is 14.2 Å². The van der Waals surface area contributed by atoms with Gasteiger partial charge in [-0.1, -0.05) is 17.7 Å².